The second-order valence-electron chi connectivity index (χ2n) is 12.3. The van der Waals surface area contributed by atoms with Crippen LogP contribution in [0.2, 0.25) is 0 Å². The normalized spacial score (nSPS) is 23.8. The van der Waals surface area contributed by atoms with Crippen molar-refractivity contribution in [1.29, 1.82) is 0 Å². The molecule has 2 amide bonds. The van der Waals surface area contributed by atoms with Crippen LogP contribution in [0.1, 0.15) is 98.3 Å². The van der Waals surface area contributed by atoms with Gasteiger partial charge in [0.2, 0.25) is 5.91 Å². The standard InChI is InChI=1S/C33H44N4O2S/c34-33(19-10-20-33)32(39)36-23-21-35(22-24-36)30(38)25-15-17-26(18-16-25)31-37(28-13-8-9-14-29(28)40-31)27-11-6-4-2-1-3-5-7-12-27/h8-9,13-18,27,31H,1-7,10-12,19-24,34H2. The molecule has 0 bridgehead atoms. The Morgan fingerprint density at radius 3 is 1.98 bits per heavy atom. The Hall–Kier alpha value is -2.51. The molecule has 1 saturated heterocycles. The number of carbonyl (C=O) groups excluding carboxylic acids is 2. The number of hydrogen-bond acceptors (Lipinski definition) is 5. The van der Waals surface area contributed by atoms with Crippen LogP contribution in [0, 0.1) is 0 Å². The summed E-state index contributed by atoms with van der Waals surface area (Å²) in [5.74, 6) is 0.113. The van der Waals surface area contributed by atoms with Crippen molar-refractivity contribution in [1.82, 2.24) is 9.80 Å². The summed E-state index contributed by atoms with van der Waals surface area (Å²) in [6, 6.07) is 17.8. The maximum Gasteiger partial charge on any atom is 0.253 e. The number of nitrogens with zero attached hydrogens (tertiary/aromatic N) is 3. The SMILES string of the molecule is NC1(C(=O)N2CCN(C(=O)c3ccc(C4Sc5ccccc5N4C4CCCCCCCCC4)cc3)CC2)CCC1. The van der Waals surface area contributed by atoms with E-state index in [1.165, 1.54) is 73.9 Å². The van der Waals surface area contributed by atoms with Crippen molar-refractivity contribution < 1.29 is 9.59 Å². The minimum absolute atomic E-state index is 0.0521. The van der Waals surface area contributed by atoms with E-state index in [1.54, 1.807) is 0 Å². The predicted molar refractivity (Wildman–Crippen MR) is 163 cm³/mol. The minimum Gasteiger partial charge on any atom is -0.351 e. The Morgan fingerprint density at radius 2 is 1.35 bits per heavy atom. The number of rotatable bonds is 4. The molecule has 2 heterocycles. The molecular weight excluding hydrogens is 516 g/mol. The maximum absolute atomic E-state index is 13.4. The lowest BCUT2D eigenvalue weighted by Crippen LogP contribution is -2.62. The summed E-state index contributed by atoms with van der Waals surface area (Å²) in [5, 5.41) is 0.235. The Balaban J connectivity index is 1.14. The third-order valence-corrected chi connectivity index (χ3v) is 10.9. The largest absolute Gasteiger partial charge is 0.351 e. The molecule has 6 rings (SSSR count). The van der Waals surface area contributed by atoms with Crippen molar-refractivity contribution in [2.45, 2.75) is 98.9 Å². The average molecular weight is 561 g/mol. The lowest BCUT2D eigenvalue weighted by molar-refractivity contribution is -0.141. The van der Waals surface area contributed by atoms with E-state index in [0.29, 0.717) is 32.2 Å². The first-order valence-corrected chi connectivity index (χ1v) is 16.4. The molecule has 2 saturated carbocycles. The van der Waals surface area contributed by atoms with Crippen LogP contribution in [0.4, 0.5) is 5.69 Å². The summed E-state index contributed by atoms with van der Waals surface area (Å²) in [6.07, 6.45) is 14.5. The van der Waals surface area contributed by atoms with E-state index in [4.69, 9.17) is 5.73 Å². The minimum atomic E-state index is -0.664. The highest BCUT2D eigenvalue weighted by atomic mass is 32.2. The zero-order valence-electron chi connectivity index (χ0n) is 23.7. The van der Waals surface area contributed by atoms with Gasteiger partial charge in [0.05, 0.1) is 11.2 Å². The summed E-state index contributed by atoms with van der Waals surface area (Å²) in [7, 11) is 0. The number of fused-ring (bicyclic) bond motifs is 1. The van der Waals surface area contributed by atoms with Gasteiger partial charge in [-0.15, -0.1) is 0 Å². The predicted octanol–water partition coefficient (Wildman–Crippen LogP) is 6.36. The molecule has 40 heavy (non-hydrogen) atoms. The molecule has 0 aromatic heterocycles. The van der Waals surface area contributed by atoms with Crippen LogP contribution in [0.15, 0.2) is 53.4 Å². The highest BCUT2D eigenvalue weighted by Gasteiger charge is 2.43. The van der Waals surface area contributed by atoms with Gasteiger partial charge in [0.1, 0.15) is 5.37 Å². The third kappa shape index (κ3) is 5.64. The summed E-state index contributed by atoms with van der Waals surface area (Å²) >= 11 is 1.95. The van der Waals surface area contributed by atoms with E-state index in [0.717, 1.165) is 24.8 Å². The van der Waals surface area contributed by atoms with Gasteiger partial charge < -0.3 is 20.4 Å². The molecule has 0 spiro atoms. The molecule has 214 valence electrons. The fraction of sp³-hybridized carbons (Fsp3) is 0.576. The molecule has 6 nitrogen and oxygen atoms in total. The summed E-state index contributed by atoms with van der Waals surface area (Å²) in [6.45, 7) is 2.25. The molecule has 0 radical (unpaired) electrons. The van der Waals surface area contributed by atoms with E-state index < -0.39 is 5.54 Å². The van der Waals surface area contributed by atoms with E-state index in [-0.39, 0.29) is 17.2 Å². The van der Waals surface area contributed by atoms with E-state index >= 15 is 0 Å². The number of piperazine rings is 1. The molecule has 2 N–H and O–H groups in total. The van der Waals surface area contributed by atoms with Gasteiger partial charge >= 0.3 is 0 Å². The van der Waals surface area contributed by atoms with Gasteiger partial charge in [0.25, 0.3) is 5.91 Å². The van der Waals surface area contributed by atoms with Crippen LogP contribution in [0.5, 0.6) is 0 Å². The van der Waals surface area contributed by atoms with Gasteiger partial charge in [0, 0.05) is 42.7 Å². The highest BCUT2D eigenvalue weighted by Crippen LogP contribution is 2.53. The van der Waals surface area contributed by atoms with Crippen molar-refractivity contribution in [2.75, 3.05) is 31.1 Å². The number of benzene rings is 2. The lowest BCUT2D eigenvalue weighted by Gasteiger charge is -2.43. The zero-order valence-corrected chi connectivity index (χ0v) is 24.5. The van der Waals surface area contributed by atoms with Crippen molar-refractivity contribution in [2.24, 2.45) is 5.73 Å². The number of amides is 2. The number of hydrogen-bond donors (Lipinski definition) is 1. The third-order valence-electron chi connectivity index (χ3n) is 9.57. The number of anilines is 1. The summed E-state index contributed by atoms with van der Waals surface area (Å²) in [4.78, 5) is 34.0. The zero-order chi connectivity index (χ0) is 27.5. The summed E-state index contributed by atoms with van der Waals surface area (Å²) < 4.78 is 0. The molecule has 1 atom stereocenters. The van der Waals surface area contributed by atoms with Gasteiger partial charge in [-0.1, -0.05) is 81.0 Å². The fourth-order valence-electron chi connectivity index (χ4n) is 6.93. The van der Waals surface area contributed by atoms with Gasteiger partial charge in [-0.25, -0.2) is 0 Å². The molecule has 2 aromatic rings. The van der Waals surface area contributed by atoms with Gasteiger partial charge in [0.15, 0.2) is 0 Å². The maximum atomic E-state index is 13.4. The monoisotopic (exact) mass is 560 g/mol. The Labute approximate surface area is 243 Å². The highest BCUT2D eigenvalue weighted by molar-refractivity contribution is 8.00. The van der Waals surface area contributed by atoms with Gasteiger partial charge in [-0.3, -0.25) is 9.59 Å². The molecule has 2 aromatic carbocycles. The molecule has 2 aliphatic heterocycles. The first-order valence-electron chi connectivity index (χ1n) is 15.5. The smallest absolute Gasteiger partial charge is 0.253 e. The number of carbonyl (C=O) groups is 2. The molecule has 4 aliphatic rings. The summed E-state index contributed by atoms with van der Waals surface area (Å²) in [5.41, 5.74) is 8.96. The van der Waals surface area contributed by atoms with Crippen LogP contribution >= 0.6 is 11.8 Å². The number of nitrogens with two attached hydrogens (primary N) is 1. The van der Waals surface area contributed by atoms with Crippen molar-refractivity contribution in [3.05, 3.63) is 59.7 Å². The fourth-order valence-corrected chi connectivity index (χ4v) is 8.31. The van der Waals surface area contributed by atoms with Crippen LogP contribution in [-0.4, -0.2) is 59.4 Å². The second kappa shape index (κ2) is 12.2. The topological polar surface area (TPSA) is 69.9 Å². The number of para-hydroxylation sites is 1. The van der Waals surface area contributed by atoms with E-state index in [9.17, 15) is 9.59 Å². The average Bonchev–Trinajstić information content (AvgIpc) is 3.37. The van der Waals surface area contributed by atoms with Crippen molar-refractivity contribution in [3.8, 4) is 0 Å². The van der Waals surface area contributed by atoms with Crippen LogP contribution in [0.3, 0.4) is 0 Å². The van der Waals surface area contributed by atoms with Crippen molar-refractivity contribution in [3.63, 3.8) is 0 Å². The van der Waals surface area contributed by atoms with E-state index in [2.05, 4.69) is 41.3 Å². The quantitative estimate of drug-likeness (QED) is 0.472. The Morgan fingerprint density at radius 1 is 0.750 bits per heavy atom. The lowest BCUT2D eigenvalue weighted by atomic mass is 9.76. The Bertz CT molecular complexity index is 1180. The molecule has 1 unspecified atom stereocenters. The molecule has 7 heteroatoms. The van der Waals surface area contributed by atoms with Gasteiger partial charge in [-0.2, -0.15) is 0 Å². The molecule has 3 fully saturated rings. The first-order chi connectivity index (χ1) is 19.5. The Kier molecular flexibility index (Phi) is 8.40. The van der Waals surface area contributed by atoms with Crippen LogP contribution in [0.25, 0.3) is 0 Å². The second-order valence-corrected chi connectivity index (χ2v) is 13.4. The van der Waals surface area contributed by atoms with Crippen LogP contribution in [-0.2, 0) is 4.79 Å². The van der Waals surface area contributed by atoms with Crippen LogP contribution < -0.4 is 10.6 Å². The molecular formula is C33H44N4O2S. The van der Waals surface area contributed by atoms with E-state index in [1.807, 2.05) is 33.7 Å². The number of thioether (sulfide) groups is 1. The van der Waals surface area contributed by atoms with Gasteiger partial charge in [-0.05, 0) is 61.9 Å². The first kappa shape index (κ1) is 27.6. The molecule has 2 aliphatic carbocycles. The van der Waals surface area contributed by atoms with Crippen molar-refractivity contribution >= 4 is 29.3 Å².